The number of fused-ring (bicyclic) bond motifs is 4. The summed E-state index contributed by atoms with van der Waals surface area (Å²) in [5.41, 5.74) is 5.30. The van der Waals surface area contributed by atoms with Gasteiger partial charge in [-0.05, 0) is 86.4 Å². The second-order valence-corrected chi connectivity index (χ2v) is 10.1. The van der Waals surface area contributed by atoms with E-state index < -0.39 is 0 Å². The molecule has 1 nitrogen and oxygen atoms in total. The molecule has 0 aromatic rings. The van der Waals surface area contributed by atoms with Crippen molar-refractivity contribution in [1.82, 2.24) is 0 Å². The van der Waals surface area contributed by atoms with Crippen molar-refractivity contribution in [1.29, 1.82) is 0 Å². The molecule has 122 valence electrons. The molecule has 22 heavy (non-hydrogen) atoms. The van der Waals surface area contributed by atoms with Crippen molar-refractivity contribution >= 4 is 0 Å². The Morgan fingerprint density at radius 1 is 0.955 bits per heavy atom. The molecular weight excluding hydrogens is 268 g/mol. The van der Waals surface area contributed by atoms with Crippen molar-refractivity contribution in [2.45, 2.75) is 84.2 Å². The van der Waals surface area contributed by atoms with E-state index >= 15 is 0 Å². The summed E-state index contributed by atoms with van der Waals surface area (Å²) < 4.78 is 5.85. The molecule has 3 fully saturated rings. The number of rotatable bonds is 0. The minimum absolute atomic E-state index is 0.353. The normalized spacial score (nSPS) is 52.2. The summed E-state index contributed by atoms with van der Waals surface area (Å²) in [6.07, 6.45) is 12.8. The van der Waals surface area contributed by atoms with Crippen LogP contribution in [0.3, 0.4) is 0 Å². The van der Waals surface area contributed by atoms with Crippen molar-refractivity contribution < 1.29 is 4.74 Å². The molecular formula is C21H32O. The number of allylic oxidation sites excluding steroid dienone is 2. The van der Waals surface area contributed by atoms with Gasteiger partial charge in [-0.1, -0.05) is 31.9 Å². The first kappa shape index (κ1) is 14.1. The first-order chi connectivity index (χ1) is 10.4. The van der Waals surface area contributed by atoms with Crippen LogP contribution in [0, 0.1) is 28.6 Å². The molecule has 1 heterocycles. The van der Waals surface area contributed by atoms with Crippen molar-refractivity contribution in [2.24, 2.45) is 28.6 Å². The monoisotopic (exact) mass is 300 g/mol. The largest absolute Gasteiger partial charge is 0.370 e. The molecule has 1 heteroatoms. The highest BCUT2D eigenvalue weighted by Crippen LogP contribution is 2.65. The van der Waals surface area contributed by atoms with Gasteiger partial charge in [-0.15, -0.1) is 0 Å². The van der Waals surface area contributed by atoms with Crippen LogP contribution >= 0.6 is 0 Å². The quantitative estimate of drug-likeness (QED) is 0.425. The molecule has 1 saturated heterocycles. The van der Waals surface area contributed by atoms with Crippen molar-refractivity contribution in [3.8, 4) is 0 Å². The maximum atomic E-state index is 5.85. The van der Waals surface area contributed by atoms with Gasteiger partial charge in [-0.2, -0.15) is 0 Å². The van der Waals surface area contributed by atoms with Crippen LogP contribution in [-0.2, 0) is 4.74 Å². The van der Waals surface area contributed by atoms with Crippen LogP contribution < -0.4 is 0 Å². The molecule has 0 bridgehead atoms. The van der Waals surface area contributed by atoms with Crippen LogP contribution in [0.25, 0.3) is 0 Å². The van der Waals surface area contributed by atoms with Crippen molar-refractivity contribution in [2.75, 3.05) is 6.61 Å². The Bertz CT molecular complexity index is 538. The second kappa shape index (κ2) is 4.21. The van der Waals surface area contributed by atoms with Crippen molar-refractivity contribution in [3.63, 3.8) is 0 Å². The Hall–Kier alpha value is -0.300. The lowest BCUT2D eigenvalue weighted by Crippen LogP contribution is -2.50. The topological polar surface area (TPSA) is 12.5 Å². The molecule has 5 rings (SSSR count). The molecule has 2 saturated carbocycles. The fourth-order valence-corrected chi connectivity index (χ4v) is 7.15. The fourth-order valence-electron chi connectivity index (χ4n) is 7.15. The number of hydrogen-bond acceptors (Lipinski definition) is 1. The zero-order valence-electron chi connectivity index (χ0n) is 14.7. The molecule has 0 N–H and O–H groups in total. The molecule has 4 aliphatic carbocycles. The van der Waals surface area contributed by atoms with E-state index in [1.165, 1.54) is 57.8 Å². The highest BCUT2D eigenvalue weighted by atomic mass is 16.6. The number of ether oxygens (including phenoxy) is 1. The van der Waals surface area contributed by atoms with Gasteiger partial charge in [0.15, 0.2) is 0 Å². The molecule has 0 amide bonds. The average Bonchev–Trinajstić information content (AvgIpc) is 3.17. The lowest BCUT2D eigenvalue weighted by molar-refractivity contribution is -0.0547. The van der Waals surface area contributed by atoms with E-state index in [1.54, 1.807) is 0 Å². The SMILES string of the molecule is CC1(C)CCC2=C1CC[C@@H]1[C@H]2CC[C@@H]2C[C@]3(CC[C@@]21C)CO3. The summed E-state index contributed by atoms with van der Waals surface area (Å²) in [6, 6.07) is 0. The smallest absolute Gasteiger partial charge is 0.0919 e. The minimum atomic E-state index is 0.353. The summed E-state index contributed by atoms with van der Waals surface area (Å²) in [7, 11) is 0. The van der Waals surface area contributed by atoms with Crippen molar-refractivity contribution in [3.05, 3.63) is 11.1 Å². The number of epoxide rings is 1. The van der Waals surface area contributed by atoms with Gasteiger partial charge in [0, 0.05) is 0 Å². The highest BCUT2D eigenvalue weighted by Gasteiger charge is 2.59. The first-order valence-corrected chi connectivity index (χ1v) is 9.80. The Balaban J connectivity index is 1.47. The van der Waals surface area contributed by atoms with E-state index in [1.807, 2.05) is 11.1 Å². The van der Waals surface area contributed by atoms with Gasteiger partial charge >= 0.3 is 0 Å². The molecule has 1 aliphatic heterocycles. The third kappa shape index (κ3) is 1.75. The molecule has 0 radical (unpaired) electrons. The van der Waals surface area contributed by atoms with Gasteiger partial charge in [-0.3, -0.25) is 0 Å². The Kier molecular flexibility index (Phi) is 2.69. The zero-order chi connectivity index (χ0) is 15.2. The molecule has 0 unspecified atom stereocenters. The maximum absolute atomic E-state index is 5.85. The molecule has 5 atom stereocenters. The Morgan fingerprint density at radius 2 is 1.77 bits per heavy atom. The second-order valence-electron chi connectivity index (χ2n) is 10.1. The fraction of sp³-hybridized carbons (Fsp3) is 0.905. The summed E-state index contributed by atoms with van der Waals surface area (Å²) in [5, 5.41) is 0. The van der Waals surface area contributed by atoms with E-state index in [0.717, 1.165) is 24.4 Å². The summed E-state index contributed by atoms with van der Waals surface area (Å²) in [6.45, 7) is 8.72. The van der Waals surface area contributed by atoms with Crippen LogP contribution in [-0.4, -0.2) is 12.2 Å². The van der Waals surface area contributed by atoms with Gasteiger partial charge in [0.2, 0.25) is 0 Å². The molecule has 0 aromatic carbocycles. The van der Waals surface area contributed by atoms with Crippen LogP contribution in [0.2, 0.25) is 0 Å². The highest BCUT2D eigenvalue weighted by molar-refractivity contribution is 5.33. The first-order valence-electron chi connectivity index (χ1n) is 9.80. The van der Waals surface area contributed by atoms with E-state index in [2.05, 4.69) is 20.8 Å². The predicted octanol–water partition coefficient (Wildman–Crippen LogP) is 5.50. The zero-order valence-corrected chi connectivity index (χ0v) is 14.7. The summed E-state index contributed by atoms with van der Waals surface area (Å²) in [5.74, 6) is 2.87. The summed E-state index contributed by atoms with van der Waals surface area (Å²) >= 11 is 0. The van der Waals surface area contributed by atoms with Gasteiger partial charge in [0.1, 0.15) is 0 Å². The summed E-state index contributed by atoms with van der Waals surface area (Å²) in [4.78, 5) is 0. The lowest BCUT2D eigenvalue weighted by Gasteiger charge is -2.57. The van der Waals surface area contributed by atoms with Crippen LogP contribution in [0.15, 0.2) is 11.1 Å². The lowest BCUT2D eigenvalue weighted by atomic mass is 9.48. The van der Waals surface area contributed by atoms with Gasteiger partial charge in [-0.25, -0.2) is 0 Å². The van der Waals surface area contributed by atoms with E-state index in [9.17, 15) is 0 Å². The minimum Gasteiger partial charge on any atom is -0.370 e. The van der Waals surface area contributed by atoms with E-state index in [4.69, 9.17) is 4.74 Å². The standard InChI is InChI=1S/C21H32O/c1-19(2)9-8-16-15-5-4-14-12-21(13-22-21)11-10-20(14,3)18(15)7-6-17(16)19/h14-15,18H,4-13H2,1-3H3/t14-,15+,18-,20+,21-/m1/s1. The third-order valence-electron chi connectivity index (χ3n) is 8.76. The Labute approximate surface area is 135 Å². The van der Waals surface area contributed by atoms with Crippen LogP contribution in [0.5, 0.6) is 0 Å². The van der Waals surface area contributed by atoms with Crippen LogP contribution in [0.4, 0.5) is 0 Å². The Morgan fingerprint density at radius 3 is 2.55 bits per heavy atom. The van der Waals surface area contributed by atoms with E-state index in [0.29, 0.717) is 16.4 Å². The molecule has 0 aromatic heterocycles. The molecule has 1 spiro atoms. The maximum Gasteiger partial charge on any atom is 0.0919 e. The third-order valence-corrected chi connectivity index (χ3v) is 8.76. The van der Waals surface area contributed by atoms with Gasteiger partial charge in [0.05, 0.1) is 12.2 Å². The van der Waals surface area contributed by atoms with Gasteiger partial charge < -0.3 is 4.74 Å². The van der Waals surface area contributed by atoms with Crippen LogP contribution in [0.1, 0.15) is 78.6 Å². The molecule has 5 aliphatic rings. The predicted molar refractivity (Wildman–Crippen MR) is 89.6 cm³/mol. The van der Waals surface area contributed by atoms with Gasteiger partial charge in [0.25, 0.3) is 0 Å². The average molecular weight is 300 g/mol. The number of hydrogen-bond donors (Lipinski definition) is 0. The van der Waals surface area contributed by atoms with E-state index in [-0.39, 0.29) is 0 Å².